The number of halogens is 2. The van der Waals surface area contributed by atoms with Gasteiger partial charge in [-0.05, 0) is 0 Å². The van der Waals surface area contributed by atoms with E-state index in [1.807, 2.05) is 0 Å². The predicted molar refractivity (Wildman–Crippen MR) is 11.7 cm³/mol. The summed E-state index contributed by atoms with van der Waals surface area (Å²) in [6, 6.07) is 0. The third-order valence-electron chi connectivity index (χ3n) is 0. The molecular weight excluding hydrogens is 185 g/mol. The maximum absolute atomic E-state index is 4.70. The Kier molecular flexibility index (Phi) is 20.1. The molecule has 0 radical (unpaired) electrons. The van der Waals surface area contributed by atoms with E-state index in [1.54, 1.807) is 0 Å². The minimum Gasteiger partial charge on any atom is 0 e. The number of hydrogen-bond acceptors (Lipinski definition) is 0. The van der Waals surface area contributed by atoms with Crippen molar-refractivity contribution in [2.45, 2.75) is 0 Å². The third-order valence-corrected chi connectivity index (χ3v) is 0. The van der Waals surface area contributed by atoms with E-state index < -0.39 is 0 Å². The van der Waals surface area contributed by atoms with Gasteiger partial charge in [-0.2, -0.15) is 0 Å². The SMILES string of the molecule is [Cl][Ni][Cl].[Fe]. The topological polar surface area (TPSA) is 0 Å². The van der Waals surface area contributed by atoms with Gasteiger partial charge in [0.2, 0.25) is 0 Å². The second kappa shape index (κ2) is 8.82. The molecule has 0 aliphatic carbocycles. The number of rotatable bonds is 0. The largest absolute Gasteiger partial charge is 0 e. The molecule has 0 N–H and O–H groups in total. The van der Waals surface area contributed by atoms with Crippen molar-refractivity contribution in [3.8, 4) is 0 Å². The molecule has 0 aliphatic heterocycles. The Bertz CT molecular complexity index is 6.00. The van der Waals surface area contributed by atoms with E-state index in [1.165, 1.54) is 0 Å². The van der Waals surface area contributed by atoms with E-state index in [-0.39, 0.29) is 17.1 Å². The first-order valence-electron chi connectivity index (χ1n) is 0.239. The summed E-state index contributed by atoms with van der Waals surface area (Å²) in [6.45, 7) is 0. The van der Waals surface area contributed by atoms with Gasteiger partial charge in [-0.3, -0.25) is 0 Å². The van der Waals surface area contributed by atoms with Crippen LogP contribution in [0.4, 0.5) is 0 Å². The zero-order chi connectivity index (χ0) is 2.71. The standard InChI is InChI=1S/2ClH.Fe.Ni/h2*1H;;/q;;;+2/p-2. The van der Waals surface area contributed by atoms with Crippen molar-refractivity contribution in [3.63, 3.8) is 0 Å². The molecule has 0 heterocycles. The fourth-order valence-electron chi connectivity index (χ4n) is 0. The van der Waals surface area contributed by atoms with Crippen LogP contribution in [0.25, 0.3) is 0 Å². The molecule has 0 aromatic rings. The normalized spacial score (nSPS) is 5.50. The van der Waals surface area contributed by atoms with Crippen molar-refractivity contribution in [1.82, 2.24) is 0 Å². The summed E-state index contributed by atoms with van der Waals surface area (Å²) in [4.78, 5) is 0. The fraction of sp³-hybridized carbons (Fsp3) is 0. The molecule has 0 amide bonds. The zero-order valence-corrected chi connectivity index (χ0v) is 5.03. The van der Waals surface area contributed by atoms with Crippen LogP contribution in [0.2, 0.25) is 0 Å². The second-order valence-corrected chi connectivity index (χ2v) is 1.68. The Morgan fingerprint density at radius 1 is 1.25 bits per heavy atom. The molecule has 0 saturated carbocycles. The molecule has 0 aromatic carbocycles. The van der Waals surface area contributed by atoms with E-state index in [0.29, 0.717) is 12.7 Å². The van der Waals surface area contributed by atoms with Crippen LogP contribution in [0.3, 0.4) is 0 Å². The van der Waals surface area contributed by atoms with Crippen LogP contribution < -0.4 is 0 Å². The number of hydrogen-bond donors (Lipinski definition) is 0. The van der Waals surface area contributed by atoms with Gasteiger partial charge in [0.1, 0.15) is 0 Å². The summed E-state index contributed by atoms with van der Waals surface area (Å²) < 4.78 is 0. The first kappa shape index (κ1) is 9.14. The van der Waals surface area contributed by atoms with E-state index in [0.717, 1.165) is 0 Å². The van der Waals surface area contributed by atoms with Crippen molar-refractivity contribution < 1.29 is 29.7 Å². The first-order valence-corrected chi connectivity index (χ1v) is 2.96. The summed E-state index contributed by atoms with van der Waals surface area (Å²) >= 11 is 0.569. The molecule has 0 fully saturated rings. The average Bonchev–Trinajstić information content (AvgIpc) is 0.918. The summed E-state index contributed by atoms with van der Waals surface area (Å²) in [7, 11) is 9.40. The molecule has 4 heteroatoms. The van der Waals surface area contributed by atoms with Gasteiger partial charge in [0.25, 0.3) is 0 Å². The predicted octanol–water partition coefficient (Wildman–Crippen LogP) is 1.37. The fourth-order valence-corrected chi connectivity index (χ4v) is 0. The quantitative estimate of drug-likeness (QED) is 0.500. The Balaban J connectivity index is 0. The Hall–Kier alpha value is 1.59. The molecule has 0 spiro atoms. The summed E-state index contributed by atoms with van der Waals surface area (Å²) in [5, 5.41) is 0. The van der Waals surface area contributed by atoms with Crippen LogP contribution in [0.1, 0.15) is 0 Å². The molecule has 0 rings (SSSR count). The Morgan fingerprint density at radius 3 is 1.25 bits per heavy atom. The molecular formula is Cl2FeNi. The van der Waals surface area contributed by atoms with Crippen molar-refractivity contribution in [2.75, 3.05) is 0 Å². The van der Waals surface area contributed by atoms with Crippen LogP contribution in [-0.2, 0) is 29.7 Å². The molecule has 0 aromatic heterocycles. The van der Waals surface area contributed by atoms with Crippen LogP contribution in [0.15, 0.2) is 0 Å². The van der Waals surface area contributed by atoms with Gasteiger partial charge in [0.05, 0.1) is 0 Å². The molecule has 4 heavy (non-hydrogen) atoms. The maximum atomic E-state index is 4.70. The van der Waals surface area contributed by atoms with Gasteiger partial charge in [-0.25, -0.2) is 0 Å². The molecule has 0 saturated heterocycles. The van der Waals surface area contributed by atoms with Gasteiger partial charge in [0, 0.05) is 17.1 Å². The van der Waals surface area contributed by atoms with E-state index >= 15 is 0 Å². The van der Waals surface area contributed by atoms with Crippen molar-refractivity contribution >= 4 is 20.4 Å². The smallest absolute Gasteiger partial charge is 0 e. The monoisotopic (exact) mass is 184 g/mol. The van der Waals surface area contributed by atoms with E-state index in [9.17, 15) is 0 Å². The van der Waals surface area contributed by atoms with Gasteiger partial charge in [-0.15, -0.1) is 0 Å². The van der Waals surface area contributed by atoms with E-state index in [2.05, 4.69) is 0 Å². The summed E-state index contributed by atoms with van der Waals surface area (Å²) in [5.41, 5.74) is 0. The zero-order valence-electron chi connectivity index (χ0n) is 1.43. The third kappa shape index (κ3) is 9.52. The van der Waals surface area contributed by atoms with Crippen molar-refractivity contribution in [1.29, 1.82) is 0 Å². The molecule has 0 unspecified atom stereocenters. The van der Waals surface area contributed by atoms with E-state index in [4.69, 9.17) is 20.4 Å². The van der Waals surface area contributed by atoms with Crippen molar-refractivity contribution in [2.24, 2.45) is 0 Å². The molecule has 0 bridgehead atoms. The minimum atomic E-state index is 0. The molecule has 0 nitrogen and oxygen atoms in total. The molecule has 0 aliphatic rings. The van der Waals surface area contributed by atoms with Crippen LogP contribution in [0, 0.1) is 0 Å². The van der Waals surface area contributed by atoms with Gasteiger partial charge >= 0.3 is 33.0 Å². The average molecular weight is 185 g/mol. The van der Waals surface area contributed by atoms with Gasteiger partial charge in [0.15, 0.2) is 0 Å². The second-order valence-electron chi connectivity index (χ2n) is 0.0452. The Morgan fingerprint density at radius 2 is 1.25 bits per heavy atom. The van der Waals surface area contributed by atoms with Gasteiger partial charge < -0.3 is 0 Å². The maximum Gasteiger partial charge on any atom is 0 e. The first-order chi connectivity index (χ1) is 1.41. The minimum absolute atomic E-state index is 0. The van der Waals surface area contributed by atoms with Crippen LogP contribution >= 0.6 is 20.4 Å². The molecule has 32 valence electrons. The van der Waals surface area contributed by atoms with Crippen molar-refractivity contribution in [3.05, 3.63) is 0 Å². The summed E-state index contributed by atoms with van der Waals surface area (Å²) in [5.74, 6) is 0. The Labute approximate surface area is 50.1 Å². The van der Waals surface area contributed by atoms with Crippen LogP contribution in [0.5, 0.6) is 0 Å². The van der Waals surface area contributed by atoms with Gasteiger partial charge in [-0.1, -0.05) is 0 Å². The summed E-state index contributed by atoms with van der Waals surface area (Å²) in [6.07, 6.45) is 0. The molecule has 0 atom stereocenters. The van der Waals surface area contributed by atoms with Crippen LogP contribution in [-0.4, -0.2) is 0 Å².